The minimum absolute atomic E-state index is 0.0152. The zero-order valence-corrected chi connectivity index (χ0v) is 16.7. The Labute approximate surface area is 165 Å². The van der Waals surface area contributed by atoms with Crippen LogP contribution in [-0.4, -0.2) is 38.8 Å². The van der Waals surface area contributed by atoms with Crippen LogP contribution in [-0.2, 0) is 0 Å². The van der Waals surface area contributed by atoms with Gasteiger partial charge >= 0.3 is 0 Å². The highest BCUT2D eigenvalue weighted by atomic mass is 16.2. The van der Waals surface area contributed by atoms with Gasteiger partial charge in [-0.15, -0.1) is 0 Å². The van der Waals surface area contributed by atoms with Gasteiger partial charge in [0.2, 0.25) is 0 Å². The lowest BCUT2D eigenvalue weighted by Gasteiger charge is -2.38. The third-order valence-corrected chi connectivity index (χ3v) is 5.83. The van der Waals surface area contributed by atoms with Crippen LogP contribution in [0.1, 0.15) is 44.1 Å². The molecule has 1 aliphatic rings. The smallest absolute Gasteiger partial charge is 0.272 e. The molecule has 1 saturated heterocycles. The minimum Gasteiger partial charge on any atom is -0.337 e. The van der Waals surface area contributed by atoms with Gasteiger partial charge in [0, 0.05) is 43.3 Å². The molecular weight excluding hydrogens is 348 g/mol. The molecule has 5 nitrogen and oxygen atoms in total. The van der Waals surface area contributed by atoms with Crippen molar-refractivity contribution >= 4 is 16.8 Å². The molecule has 28 heavy (non-hydrogen) atoms. The molecule has 0 atom stereocenters. The Bertz CT molecular complexity index is 986. The van der Waals surface area contributed by atoms with Gasteiger partial charge in [0.1, 0.15) is 5.69 Å². The molecule has 3 aromatic heterocycles. The number of aromatic nitrogens is 3. The molecule has 4 heterocycles. The second-order valence-corrected chi connectivity index (χ2v) is 8.62. The maximum Gasteiger partial charge on any atom is 0.272 e. The molecule has 0 aliphatic carbocycles. The van der Waals surface area contributed by atoms with Crippen molar-refractivity contribution in [3.8, 4) is 11.1 Å². The van der Waals surface area contributed by atoms with Crippen molar-refractivity contribution in [2.45, 2.75) is 33.6 Å². The zero-order valence-electron chi connectivity index (χ0n) is 16.7. The van der Waals surface area contributed by atoms with Crippen molar-refractivity contribution in [2.75, 3.05) is 13.1 Å². The number of amides is 1. The van der Waals surface area contributed by atoms with Crippen LogP contribution >= 0.6 is 0 Å². The van der Waals surface area contributed by atoms with Crippen LogP contribution in [0.4, 0.5) is 0 Å². The molecule has 0 saturated carbocycles. The molecule has 144 valence electrons. The van der Waals surface area contributed by atoms with E-state index in [0.717, 1.165) is 48.0 Å². The first-order chi connectivity index (χ1) is 13.4. The lowest BCUT2D eigenvalue weighted by molar-refractivity contribution is 0.0603. The lowest BCUT2D eigenvalue weighted by Crippen LogP contribution is -2.41. The van der Waals surface area contributed by atoms with E-state index >= 15 is 0 Å². The predicted octanol–water partition coefficient (Wildman–Crippen LogP) is 4.59. The van der Waals surface area contributed by atoms with Gasteiger partial charge in [0.05, 0.1) is 5.52 Å². The van der Waals surface area contributed by atoms with E-state index in [1.54, 1.807) is 24.8 Å². The highest BCUT2D eigenvalue weighted by Gasteiger charge is 2.31. The normalized spacial score (nSPS) is 15.8. The number of fused-ring (bicyclic) bond motifs is 1. The summed E-state index contributed by atoms with van der Waals surface area (Å²) in [5.41, 5.74) is 3.55. The first-order valence-electron chi connectivity index (χ1n) is 9.88. The highest BCUT2D eigenvalue weighted by molar-refractivity contribution is 6.01. The summed E-state index contributed by atoms with van der Waals surface area (Å²) in [6, 6.07) is 7.66. The molecule has 0 spiro atoms. The molecule has 4 rings (SSSR count). The van der Waals surface area contributed by atoms with Gasteiger partial charge in [-0.25, -0.2) is 4.98 Å². The molecule has 0 unspecified atom stereocenters. The van der Waals surface area contributed by atoms with E-state index in [0.29, 0.717) is 11.6 Å². The Morgan fingerprint density at radius 3 is 2.39 bits per heavy atom. The average Bonchev–Trinajstić information content (AvgIpc) is 2.72. The Balaban J connectivity index is 1.67. The average molecular weight is 374 g/mol. The Kier molecular flexibility index (Phi) is 4.84. The molecular formula is C23H26N4O. The van der Waals surface area contributed by atoms with Gasteiger partial charge < -0.3 is 4.90 Å². The van der Waals surface area contributed by atoms with Crippen molar-refractivity contribution in [3.63, 3.8) is 0 Å². The fourth-order valence-electron chi connectivity index (χ4n) is 4.06. The number of nitrogens with zero attached hydrogens (tertiary/aromatic N) is 4. The summed E-state index contributed by atoms with van der Waals surface area (Å²) in [6.07, 6.45) is 9.14. The minimum atomic E-state index is 0.0152. The standard InChI is InChI=1S/C23H26N4O/c1-23(2,3)17-7-12-27(13-8-17)22(28)21-14-18(16-4-9-24-10-5-16)19-15-25-11-6-20(19)26-21/h4-6,9-11,14-15,17H,7-8,12-13H2,1-3H3. The monoisotopic (exact) mass is 374 g/mol. The predicted molar refractivity (Wildman–Crippen MR) is 111 cm³/mol. The van der Waals surface area contributed by atoms with Crippen molar-refractivity contribution in [1.82, 2.24) is 19.9 Å². The Morgan fingerprint density at radius 2 is 1.71 bits per heavy atom. The number of likely N-dealkylation sites (tertiary alicyclic amines) is 1. The maximum absolute atomic E-state index is 13.2. The van der Waals surface area contributed by atoms with Crippen LogP contribution in [0.5, 0.6) is 0 Å². The second-order valence-electron chi connectivity index (χ2n) is 8.62. The third-order valence-electron chi connectivity index (χ3n) is 5.83. The Hall–Kier alpha value is -2.82. The van der Waals surface area contributed by atoms with Crippen molar-refractivity contribution in [2.24, 2.45) is 11.3 Å². The molecule has 1 aliphatic heterocycles. The van der Waals surface area contributed by atoms with Gasteiger partial charge in [-0.05, 0) is 59.6 Å². The van der Waals surface area contributed by atoms with Crippen LogP contribution in [0.15, 0.2) is 49.1 Å². The number of hydrogen-bond acceptors (Lipinski definition) is 4. The number of carbonyl (C=O) groups is 1. The van der Waals surface area contributed by atoms with Crippen LogP contribution in [0.25, 0.3) is 22.0 Å². The van der Waals surface area contributed by atoms with Crippen LogP contribution in [0, 0.1) is 11.3 Å². The number of carbonyl (C=O) groups excluding carboxylic acids is 1. The first-order valence-corrected chi connectivity index (χ1v) is 9.88. The molecule has 3 aromatic rings. The van der Waals surface area contributed by atoms with E-state index in [2.05, 4.69) is 35.7 Å². The van der Waals surface area contributed by atoms with E-state index in [-0.39, 0.29) is 11.3 Å². The van der Waals surface area contributed by atoms with Gasteiger partial charge in [-0.2, -0.15) is 0 Å². The van der Waals surface area contributed by atoms with Crippen molar-refractivity contribution in [1.29, 1.82) is 0 Å². The molecule has 0 aromatic carbocycles. The molecule has 5 heteroatoms. The molecule has 0 bridgehead atoms. The van der Waals surface area contributed by atoms with Gasteiger partial charge in [-0.3, -0.25) is 14.8 Å². The van der Waals surface area contributed by atoms with E-state index in [9.17, 15) is 4.79 Å². The zero-order chi connectivity index (χ0) is 19.7. The van der Waals surface area contributed by atoms with Crippen LogP contribution < -0.4 is 0 Å². The largest absolute Gasteiger partial charge is 0.337 e. The summed E-state index contributed by atoms with van der Waals surface area (Å²) in [4.78, 5) is 28.2. The highest BCUT2D eigenvalue weighted by Crippen LogP contribution is 2.35. The number of piperidine rings is 1. The van der Waals surface area contributed by atoms with E-state index < -0.39 is 0 Å². The Morgan fingerprint density at radius 1 is 1.04 bits per heavy atom. The summed E-state index contributed by atoms with van der Waals surface area (Å²) in [5, 5.41) is 0.941. The second kappa shape index (κ2) is 7.30. The van der Waals surface area contributed by atoms with Crippen LogP contribution in [0.3, 0.4) is 0 Å². The SMILES string of the molecule is CC(C)(C)C1CCN(C(=O)c2cc(-c3ccncc3)c3cnccc3n2)CC1. The van der Waals surface area contributed by atoms with Gasteiger partial charge in [0.25, 0.3) is 5.91 Å². The topological polar surface area (TPSA) is 59.0 Å². The number of rotatable bonds is 2. The maximum atomic E-state index is 13.2. The van der Waals surface area contributed by atoms with Crippen LogP contribution in [0.2, 0.25) is 0 Å². The van der Waals surface area contributed by atoms with Gasteiger partial charge in [-0.1, -0.05) is 20.8 Å². The summed E-state index contributed by atoms with van der Waals surface area (Å²) in [5.74, 6) is 0.668. The third kappa shape index (κ3) is 3.61. The van der Waals surface area contributed by atoms with Crippen molar-refractivity contribution < 1.29 is 4.79 Å². The molecule has 1 fully saturated rings. The summed E-state index contributed by atoms with van der Waals surface area (Å²) < 4.78 is 0. The quantitative estimate of drug-likeness (QED) is 0.658. The van der Waals surface area contributed by atoms with Gasteiger partial charge in [0.15, 0.2) is 0 Å². The summed E-state index contributed by atoms with van der Waals surface area (Å²) in [7, 11) is 0. The first kappa shape index (κ1) is 18.5. The van der Waals surface area contributed by atoms with E-state index in [4.69, 9.17) is 0 Å². The van der Waals surface area contributed by atoms with E-state index in [1.165, 1.54) is 0 Å². The fraction of sp³-hybridized carbons (Fsp3) is 0.391. The molecule has 0 radical (unpaired) electrons. The van der Waals surface area contributed by atoms with Crippen molar-refractivity contribution in [3.05, 3.63) is 54.7 Å². The lowest BCUT2D eigenvalue weighted by atomic mass is 9.75. The fourth-order valence-corrected chi connectivity index (χ4v) is 4.06. The van der Waals surface area contributed by atoms with E-state index in [1.807, 2.05) is 29.2 Å². The molecule has 1 amide bonds. The molecule has 0 N–H and O–H groups in total. The number of pyridine rings is 3. The number of hydrogen-bond donors (Lipinski definition) is 0. The summed E-state index contributed by atoms with van der Waals surface area (Å²) >= 11 is 0. The summed E-state index contributed by atoms with van der Waals surface area (Å²) in [6.45, 7) is 8.45.